The molecule has 0 fully saturated rings. The summed E-state index contributed by atoms with van der Waals surface area (Å²) < 4.78 is 10.2. The van der Waals surface area contributed by atoms with Crippen LogP contribution in [0.2, 0.25) is 0 Å². The highest BCUT2D eigenvalue weighted by atomic mass is 16.6. The monoisotopic (exact) mass is 705 g/mol. The van der Waals surface area contributed by atoms with E-state index < -0.39 is 78.1 Å². The highest BCUT2D eigenvalue weighted by Crippen LogP contribution is 2.13. The second-order valence-electron chi connectivity index (χ2n) is 14.7. The molecular weight excluding hydrogens is 646 g/mol. The molecule has 0 spiro atoms. The van der Waals surface area contributed by atoms with Crippen LogP contribution in [0.15, 0.2) is 30.3 Å². The number of rotatable bonds is 19. The van der Waals surface area contributed by atoms with E-state index in [1.807, 2.05) is 47.6 Å². The quantitative estimate of drug-likeness (QED) is 0.117. The number of aliphatic hydroxyl groups is 1. The zero-order valence-corrected chi connectivity index (χ0v) is 31.3. The molecule has 1 aromatic rings. The van der Waals surface area contributed by atoms with Gasteiger partial charge in [-0.25, -0.2) is 9.59 Å². The molecule has 0 aliphatic heterocycles. The van der Waals surface area contributed by atoms with Gasteiger partial charge >= 0.3 is 12.1 Å². The average molecular weight is 706 g/mol. The fourth-order valence-electron chi connectivity index (χ4n) is 5.03. The zero-order chi connectivity index (χ0) is 38.2. The van der Waals surface area contributed by atoms with Gasteiger partial charge < -0.3 is 41.2 Å². The van der Waals surface area contributed by atoms with Gasteiger partial charge in [0.1, 0.15) is 35.8 Å². The number of hydrogen-bond acceptors (Lipinski definition) is 9. The number of aliphatic hydroxyl groups excluding tert-OH is 1. The smallest absolute Gasteiger partial charge is 0.408 e. The number of alkyl carbamates (subject to hydrolysis) is 1. The number of carbonyl (C=O) groups is 6. The molecule has 0 saturated carbocycles. The second-order valence-corrected chi connectivity index (χ2v) is 14.7. The number of ether oxygens (including phenoxy) is 2. The van der Waals surface area contributed by atoms with Crippen LogP contribution in [0.1, 0.15) is 87.1 Å². The van der Waals surface area contributed by atoms with Crippen molar-refractivity contribution < 1.29 is 43.3 Å². The lowest BCUT2D eigenvalue weighted by molar-refractivity contribution is -0.145. The summed E-state index contributed by atoms with van der Waals surface area (Å²) in [5.41, 5.74) is -0.00180. The molecule has 0 aliphatic rings. The molecule has 0 saturated heterocycles. The van der Waals surface area contributed by atoms with Crippen LogP contribution in [0.5, 0.6) is 0 Å². The van der Waals surface area contributed by atoms with Gasteiger partial charge in [0, 0.05) is 6.42 Å². The summed E-state index contributed by atoms with van der Waals surface area (Å²) in [6.07, 6.45) is 0.0252. The Bertz CT molecular complexity index is 1260. The van der Waals surface area contributed by atoms with E-state index in [0.717, 1.165) is 5.56 Å². The van der Waals surface area contributed by atoms with E-state index in [2.05, 4.69) is 26.6 Å². The molecule has 14 heteroatoms. The fourth-order valence-corrected chi connectivity index (χ4v) is 5.03. The highest BCUT2D eigenvalue weighted by Gasteiger charge is 2.33. The summed E-state index contributed by atoms with van der Waals surface area (Å²) in [4.78, 5) is 78.8. The van der Waals surface area contributed by atoms with Crippen molar-refractivity contribution in [3.63, 3.8) is 0 Å². The Labute approximate surface area is 296 Å². The average Bonchev–Trinajstić information content (AvgIpc) is 3.00. The second kappa shape index (κ2) is 21.1. The van der Waals surface area contributed by atoms with Crippen molar-refractivity contribution >= 4 is 35.7 Å². The van der Waals surface area contributed by atoms with Gasteiger partial charge in [-0.1, -0.05) is 71.9 Å². The summed E-state index contributed by atoms with van der Waals surface area (Å²) in [6, 6.07) is 3.32. The third kappa shape index (κ3) is 17.0. The van der Waals surface area contributed by atoms with Crippen molar-refractivity contribution in [3.8, 4) is 0 Å². The minimum Gasteiger partial charge on any atom is -0.467 e. The van der Waals surface area contributed by atoms with Crippen LogP contribution in [-0.2, 0) is 39.9 Å². The molecule has 0 bridgehead atoms. The molecule has 6 N–H and O–H groups in total. The van der Waals surface area contributed by atoms with Crippen LogP contribution >= 0.6 is 0 Å². The first-order valence-corrected chi connectivity index (χ1v) is 17.2. The molecule has 1 aromatic carbocycles. The maximum absolute atomic E-state index is 13.5. The van der Waals surface area contributed by atoms with Crippen LogP contribution in [0.25, 0.3) is 0 Å². The van der Waals surface area contributed by atoms with Crippen molar-refractivity contribution in [2.75, 3.05) is 13.7 Å². The van der Waals surface area contributed by atoms with Crippen molar-refractivity contribution in [2.45, 2.75) is 124 Å². The van der Waals surface area contributed by atoms with E-state index in [-0.39, 0.29) is 43.4 Å². The Hall–Kier alpha value is -4.20. The topological polar surface area (TPSA) is 201 Å². The Balaban J connectivity index is 3.13. The molecule has 14 nitrogen and oxygen atoms in total. The van der Waals surface area contributed by atoms with Gasteiger partial charge in [-0.05, 0) is 63.4 Å². The number of carbonyl (C=O) groups excluding carboxylic acids is 6. The molecule has 1 rings (SSSR count). The number of nitrogens with one attached hydrogen (secondary N) is 5. The van der Waals surface area contributed by atoms with E-state index in [4.69, 9.17) is 9.47 Å². The normalized spacial score (nSPS) is 14.5. The summed E-state index contributed by atoms with van der Waals surface area (Å²) in [6.45, 7) is 15.5. The Morgan fingerprint density at radius 1 is 0.620 bits per heavy atom. The number of amides is 5. The standard InChI is InChI=1S/C36H59N5O9/c1-21(2)16-25(30(43)39-28(34(47)49-10)19-24-14-12-11-13-15-24)38-33(46)29(20-42)40-31(44)26(17-22(3)4)37-32(45)27(18-23(5)6)41-35(48)50-36(7,8)9/h11-15,21-23,25-29,42H,16-20H2,1-10H3,(H,37,45)(H,38,46)(H,39,43)(H,40,44)(H,41,48)/t25-,26+,27+,28+,29-/m1/s1. The Morgan fingerprint density at radius 3 is 1.38 bits per heavy atom. The maximum Gasteiger partial charge on any atom is 0.408 e. The van der Waals surface area contributed by atoms with E-state index in [9.17, 15) is 33.9 Å². The van der Waals surface area contributed by atoms with Crippen molar-refractivity contribution in [2.24, 2.45) is 17.8 Å². The van der Waals surface area contributed by atoms with E-state index in [0.29, 0.717) is 0 Å². The molecular formula is C36H59N5O9. The predicted molar refractivity (Wildman–Crippen MR) is 188 cm³/mol. The fraction of sp³-hybridized carbons (Fsp3) is 0.667. The van der Waals surface area contributed by atoms with E-state index in [1.165, 1.54) is 7.11 Å². The summed E-state index contributed by atoms with van der Waals surface area (Å²) in [7, 11) is 1.21. The first kappa shape index (κ1) is 43.8. The van der Waals surface area contributed by atoms with Crippen LogP contribution < -0.4 is 26.6 Å². The van der Waals surface area contributed by atoms with Gasteiger partial charge in [0.25, 0.3) is 0 Å². The van der Waals surface area contributed by atoms with Gasteiger partial charge in [-0.2, -0.15) is 0 Å². The predicted octanol–water partition coefficient (Wildman–Crippen LogP) is 2.37. The molecule has 0 aliphatic carbocycles. The van der Waals surface area contributed by atoms with E-state index >= 15 is 0 Å². The van der Waals surface area contributed by atoms with Crippen LogP contribution in [0.4, 0.5) is 4.79 Å². The molecule has 5 atom stereocenters. The van der Waals surface area contributed by atoms with Crippen molar-refractivity contribution in [3.05, 3.63) is 35.9 Å². The SMILES string of the molecule is COC(=O)[C@H](Cc1ccccc1)NC(=O)[C@@H](CC(C)C)NC(=O)[C@@H](CO)NC(=O)[C@H](CC(C)C)NC(=O)[C@H](CC(C)C)NC(=O)OC(C)(C)C. The summed E-state index contributed by atoms with van der Waals surface area (Å²) in [5, 5.41) is 23.2. The summed E-state index contributed by atoms with van der Waals surface area (Å²) in [5.74, 6) is -3.59. The number of benzene rings is 1. The third-order valence-corrected chi connectivity index (χ3v) is 7.30. The van der Waals surface area contributed by atoms with E-state index in [1.54, 1.807) is 45.0 Å². The third-order valence-electron chi connectivity index (χ3n) is 7.30. The van der Waals surface area contributed by atoms with Gasteiger partial charge in [0.15, 0.2) is 0 Å². The van der Waals surface area contributed by atoms with Gasteiger partial charge in [0.2, 0.25) is 23.6 Å². The number of hydrogen-bond donors (Lipinski definition) is 6. The van der Waals surface area contributed by atoms with Gasteiger partial charge in [0.05, 0.1) is 13.7 Å². The molecule has 5 amide bonds. The Kier molecular flexibility index (Phi) is 18.5. The maximum atomic E-state index is 13.5. The molecule has 50 heavy (non-hydrogen) atoms. The summed E-state index contributed by atoms with van der Waals surface area (Å²) >= 11 is 0. The Morgan fingerprint density at radius 2 is 1.00 bits per heavy atom. The first-order chi connectivity index (χ1) is 23.3. The zero-order valence-electron chi connectivity index (χ0n) is 31.3. The molecule has 0 aromatic heterocycles. The molecule has 0 radical (unpaired) electrons. The van der Waals surface area contributed by atoms with Crippen LogP contribution in [0, 0.1) is 17.8 Å². The first-order valence-electron chi connectivity index (χ1n) is 17.2. The number of esters is 1. The largest absolute Gasteiger partial charge is 0.467 e. The lowest BCUT2D eigenvalue weighted by atomic mass is 9.99. The lowest BCUT2D eigenvalue weighted by Gasteiger charge is -2.28. The van der Waals surface area contributed by atoms with Gasteiger partial charge in [-0.15, -0.1) is 0 Å². The van der Waals surface area contributed by atoms with Crippen LogP contribution in [0.3, 0.4) is 0 Å². The van der Waals surface area contributed by atoms with Crippen molar-refractivity contribution in [1.82, 2.24) is 26.6 Å². The molecule has 0 heterocycles. The lowest BCUT2D eigenvalue weighted by Crippen LogP contribution is -2.60. The highest BCUT2D eigenvalue weighted by molar-refractivity contribution is 5.96. The minimum atomic E-state index is -1.47. The number of methoxy groups -OCH3 is 1. The van der Waals surface area contributed by atoms with Crippen LogP contribution in [-0.4, -0.2) is 90.3 Å². The van der Waals surface area contributed by atoms with Crippen molar-refractivity contribution in [1.29, 1.82) is 0 Å². The van der Waals surface area contributed by atoms with Gasteiger partial charge in [-0.3, -0.25) is 19.2 Å². The molecule has 282 valence electrons. The minimum absolute atomic E-state index is 0.0118. The molecule has 0 unspecified atom stereocenters.